The summed E-state index contributed by atoms with van der Waals surface area (Å²) in [6.07, 6.45) is 1.76. The summed E-state index contributed by atoms with van der Waals surface area (Å²) in [5.41, 5.74) is 1.72. The molecule has 0 aromatic heterocycles. The monoisotopic (exact) mass is 527 g/mol. The van der Waals surface area contributed by atoms with Crippen molar-refractivity contribution in [3.8, 4) is 11.1 Å². The Morgan fingerprint density at radius 1 is 0.811 bits per heavy atom. The maximum atomic E-state index is 13.9. The molecule has 10 heteroatoms. The number of nitrogens with one attached hydrogen (secondary N) is 2. The average Bonchev–Trinajstić information content (AvgIpc) is 3.37. The van der Waals surface area contributed by atoms with Crippen molar-refractivity contribution in [3.63, 3.8) is 0 Å². The number of carbonyl (C=O) groups is 2. The van der Waals surface area contributed by atoms with E-state index in [1.165, 1.54) is 12.1 Å². The Morgan fingerprint density at radius 3 is 1.97 bits per heavy atom. The highest BCUT2D eigenvalue weighted by Gasteiger charge is 2.37. The van der Waals surface area contributed by atoms with Gasteiger partial charge in [-0.25, -0.2) is 22.3 Å². The van der Waals surface area contributed by atoms with Crippen molar-refractivity contribution in [2.45, 2.75) is 37.2 Å². The lowest BCUT2D eigenvalue weighted by atomic mass is 9.94. The van der Waals surface area contributed by atoms with E-state index in [0.29, 0.717) is 30.4 Å². The zero-order valence-electron chi connectivity index (χ0n) is 19.9. The number of sulfonamides is 1. The number of nitrogens with two attached hydrogens (primary N) is 1. The van der Waals surface area contributed by atoms with Gasteiger partial charge in [0.15, 0.2) is 0 Å². The van der Waals surface area contributed by atoms with Crippen LogP contribution in [0.15, 0.2) is 71.6 Å². The van der Waals surface area contributed by atoms with E-state index in [0.717, 1.165) is 17.7 Å². The van der Waals surface area contributed by atoms with Crippen molar-refractivity contribution in [2.75, 3.05) is 0 Å². The molecule has 7 nitrogen and oxygen atoms in total. The molecule has 0 unspecified atom stereocenters. The molecule has 1 saturated carbocycles. The zero-order chi connectivity index (χ0) is 26.6. The second-order valence-corrected chi connectivity index (χ2v) is 10.5. The third-order valence-electron chi connectivity index (χ3n) is 6.62. The molecule has 0 aliphatic heterocycles. The van der Waals surface area contributed by atoms with Gasteiger partial charge in [-0.05, 0) is 42.2 Å². The molecule has 1 fully saturated rings. The fourth-order valence-corrected chi connectivity index (χ4v) is 5.43. The number of hydrogen-bond acceptors (Lipinski definition) is 4. The highest BCUT2D eigenvalue weighted by molar-refractivity contribution is 7.89. The number of amides is 2. The fraction of sp³-hybridized carbons (Fsp3) is 0.259. The molecule has 1 aliphatic rings. The normalized spacial score (nSPS) is 17.4. The van der Waals surface area contributed by atoms with Crippen molar-refractivity contribution in [3.05, 3.63) is 89.5 Å². The minimum atomic E-state index is -3.89. The van der Waals surface area contributed by atoms with Crippen LogP contribution in [-0.2, 0) is 32.7 Å². The van der Waals surface area contributed by atoms with Gasteiger partial charge in [-0.1, -0.05) is 55.0 Å². The number of halogens is 2. The van der Waals surface area contributed by atoms with Gasteiger partial charge in [-0.15, -0.1) is 0 Å². The molecule has 0 spiro atoms. The van der Waals surface area contributed by atoms with Gasteiger partial charge in [-0.3, -0.25) is 9.59 Å². The summed E-state index contributed by atoms with van der Waals surface area (Å²) >= 11 is 0. The predicted octanol–water partition coefficient (Wildman–Crippen LogP) is 3.63. The Hall–Kier alpha value is -3.63. The molecular formula is C27H27F2N3O4S. The molecule has 1 aliphatic carbocycles. The first kappa shape index (κ1) is 26.4. The number of benzene rings is 3. The average molecular weight is 528 g/mol. The van der Waals surface area contributed by atoms with Crippen LogP contribution in [-0.4, -0.2) is 20.2 Å². The minimum absolute atomic E-state index is 0.0272. The minimum Gasteiger partial charge on any atom is -0.352 e. The van der Waals surface area contributed by atoms with Crippen molar-refractivity contribution in [2.24, 2.45) is 17.0 Å². The lowest BCUT2D eigenvalue weighted by molar-refractivity contribution is -0.133. The lowest BCUT2D eigenvalue weighted by Crippen LogP contribution is -2.39. The lowest BCUT2D eigenvalue weighted by Gasteiger charge is -2.19. The third kappa shape index (κ3) is 6.20. The summed E-state index contributed by atoms with van der Waals surface area (Å²) in [7, 11) is -3.89. The van der Waals surface area contributed by atoms with Gasteiger partial charge in [0.2, 0.25) is 21.8 Å². The Bertz CT molecular complexity index is 1390. The Morgan fingerprint density at radius 2 is 1.38 bits per heavy atom. The van der Waals surface area contributed by atoms with Gasteiger partial charge < -0.3 is 10.6 Å². The van der Waals surface area contributed by atoms with Crippen LogP contribution < -0.4 is 15.8 Å². The molecule has 2 amide bonds. The summed E-state index contributed by atoms with van der Waals surface area (Å²) in [6.45, 7) is -0.0651. The van der Waals surface area contributed by atoms with E-state index in [4.69, 9.17) is 5.14 Å². The molecule has 4 rings (SSSR count). The van der Waals surface area contributed by atoms with Crippen LogP contribution >= 0.6 is 0 Å². The molecule has 3 aromatic carbocycles. The maximum Gasteiger partial charge on any atom is 0.238 e. The molecule has 194 valence electrons. The largest absolute Gasteiger partial charge is 0.352 e. The second-order valence-electron chi connectivity index (χ2n) is 9.02. The molecule has 37 heavy (non-hydrogen) atoms. The van der Waals surface area contributed by atoms with Crippen LogP contribution in [0.3, 0.4) is 0 Å². The molecule has 0 bridgehead atoms. The summed E-state index contributed by atoms with van der Waals surface area (Å²) in [6, 6.07) is 17.0. The zero-order valence-corrected chi connectivity index (χ0v) is 20.7. The van der Waals surface area contributed by atoms with Gasteiger partial charge in [0.25, 0.3) is 0 Å². The van der Waals surface area contributed by atoms with Crippen LogP contribution in [0, 0.1) is 23.5 Å². The van der Waals surface area contributed by atoms with Crippen LogP contribution in [0.2, 0.25) is 0 Å². The molecule has 0 radical (unpaired) electrons. The van der Waals surface area contributed by atoms with E-state index in [1.54, 1.807) is 42.5 Å². The number of primary sulfonamides is 1. The van der Waals surface area contributed by atoms with Crippen molar-refractivity contribution in [1.82, 2.24) is 10.6 Å². The number of rotatable bonds is 8. The highest BCUT2D eigenvalue weighted by Crippen LogP contribution is 2.32. The van der Waals surface area contributed by atoms with E-state index in [-0.39, 0.29) is 29.5 Å². The van der Waals surface area contributed by atoms with Crippen LogP contribution in [0.25, 0.3) is 11.1 Å². The maximum absolute atomic E-state index is 13.9. The first-order chi connectivity index (χ1) is 17.6. The molecule has 0 saturated heterocycles. The second kappa shape index (κ2) is 11.2. The molecule has 4 N–H and O–H groups in total. The van der Waals surface area contributed by atoms with Crippen LogP contribution in [0.1, 0.15) is 30.4 Å². The van der Waals surface area contributed by atoms with Gasteiger partial charge in [0.1, 0.15) is 11.6 Å². The molecular weight excluding hydrogens is 500 g/mol. The van der Waals surface area contributed by atoms with E-state index < -0.39 is 39.4 Å². The van der Waals surface area contributed by atoms with E-state index in [2.05, 4.69) is 10.6 Å². The molecule has 3 aromatic rings. The Balaban J connectivity index is 1.36. The van der Waals surface area contributed by atoms with E-state index in [9.17, 15) is 26.8 Å². The molecule has 2 atom stereocenters. The van der Waals surface area contributed by atoms with Gasteiger partial charge in [0.05, 0.1) is 4.90 Å². The highest BCUT2D eigenvalue weighted by atomic mass is 32.2. The summed E-state index contributed by atoms with van der Waals surface area (Å²) in [5.74, 6) is -3.25. The van der Waals surface area contributed by atoms with Crippen molar-refractivity contribution < 1.29 is 26.8 Å². The Kier molecular flexibility index (Phi) is 7.99. The van der Waals surface area contributed by atoms with Crippen LogP contribution in [0.4, 0.5) is 8.78 Å². The van der Waals surface area contributed by atoms with E-state index >= 15 is 0 Å². The number of hydrogen-bond donors (Lipinski definition) is 3. The summed E-state index contributed by atoms with van der Waals surface area (Å²) in [4.78, 5) is 25.6. The first-order valence-corrected chi connectivity index (χ1v) is 13.4. The predicted molar refractivity (Wildman–Crippen MR) is 134 cm³/mol. The topological polar surface area (TPSA) is 118 Å². The van der Waals surface area contributed by atoms with Gasteiger partial charge in [-0.2, -0.15) is 0 Å². The first-order valence-electron chi connectivity index (χ1n) is 11.8. The number of carbonyl (C=O) groups excluding carboxylic acids is 2. The van der Waals surface area contributed by atoms with E-state index in [1.807, 2.05) is 0 Å². The fourth-order valence-electron chi connectivity index (χ4n) is 4.67. The van der Waals surface area contributed by atoms with Gasteiger partial charge in [0, 0.05) is 36.1 Å². The standard InChI is InChI=1S/C27H27F2N3O4S/c28-23-8-4-9-24(29)22(23)16-32-27(34)21-7-3-6-20(21)26(33)31-15-17-11-13-18(14-12-17)19-5-1-2-10-25(19)37(30,35)36/h1-2,4-5,8-14,20-21H,3,6-7,15-16H2,(H,31,33)(H,32,34)(H2,30,35,36)/t20-,21-/m1/s1. The Labute approximate surface area is 214 Å². The summed E-state index contributed by atoms with van der Waals surface area (Å²) < 4.78 is 51.5. The summed E-state index contributed by atoms with van der Waals surface area (Å²) in [5, 5.41) is 10.7. The third-order valence-corrected chi connectivity index (χ3v) is 7.58. The quantitative estimate of drug-likeness (QED) is 0.415. The van der Waals surface area contributed by atoms with Crippen molar-refractivity contribution in [1.29, 1.82) is 0 Å². The van der Waals surface area contributed by atoms with Crippen LogP contribution in [0.5, 0.6) is 0 Å². The van der Waals surface area contributed by atoms with Crippen molar-refractivity contribution >= 4 is 21.8 Å². The van der Waals surface area contributed by atoms with Gasteiger partial charge >= 0.3 is 0 Å². The SMILES string of the molecule is NS(=O)(=O)c1ccccc1-c1ccc(CNC(=O)[C@@H]2CCC[C@H]2C(=O)NCc2c(F)cccc2F)cc1. The molecule has 0 heterocycles. The smallest absolute Gasteiger partial charge is 0.238 e.